The van der Waals surface area contributed by atoms with Gasteiger partial charge in [0.25, 0.3) is 0 Å². The maximum Gasteiger partial charge on any atom is 0.0661 e. The highest BCUT2D eigenvalue weighted by Gasteiger charge is 2.10. The minimum absolute atomic E-state index is 0.315. The topological polar surface area (TPSA) is 21.3 Å². The standard InChI is InChI=1S/C15H25NO/c1-4-10-16-15(12-17-11-13(2)3)14-8-6-5-7-9-14/h5-9,13,15-16H,4,10-12H2,1-3H3. The van der Waals surface area contributed by atoms with Crippen molar-refractivity contribution in [2.45, 2.75) is 33.2 Å². The highest BCUT2D eigenvalue weighted by molar-refractivity contribution is 5.18. The van der Waals surface area contributed by atoms with E-state index >= 15 is 0 Å². The molecule has 0 radical (unpaired) electrons. The molecule has 0 aromatic heterocycles. The van der Waals surface area contributed by atoms with Crippen LogP contribution < -0.4 is 5.32 Å². The van der Waals surface area contributed by atoms with Gasteiger partial charge in [-0.1, -0.05) is 51.1 Å². The van der Waals surface area contributed by atoms with Gasteiger partial charge in [-0.25, -0.2) is 0 Å². The lowest BCUT2D eigenvalue weighted by atomic mass is 10.1. The third kappa shape index (κ3) is 5.85. The van der Waals surface area contributed by atoms with Crippen LogP contribution in [0, 0.1) is 5.92 Å². The molecule has 1 N–H and O–H groups in total. The molecule has 1 rings (SSSR count). The first kappa shape index (κ1) is 14.2. The van der Waals surface area contributed by atoms with Gasteiger partial charge in [-0.2, -0.15) is 0 Å². The Labute approximate surface area is 105 Å². The molecule has 0 aliphatic heterocycles. The van der Waals surface area contributed by atoms with E-state index < -0.39 is 0 Å². The summed E-state index contributed by atoms with van der Waals surface area (Å²) in [5.41, 5.74) is 1.31. The van der Waals surface area contributed by atoms with Gasteiger partial charge in [-0.05, 0) is 24.4 Å². The molecule has 2 heteroatoms. The largest absolute Gasteiger partial charge is 0.379 e. The first-order valence-electron chi connectivity index (χ1n) is 6.60. The predicted molar refractivity (Wildman–Crippen MR) is 73.1 cm³/mol. The van der Waals surface area contributed by atoms with Crippen LogP contribution in [0.15, 0.2) is 30.3 Å². The quantitative estimate of drug-likeness (QED) is 0.745. The SMILES string of the molecule is CCCNC(COCC(C)C)c1ccccc1. The van der Waals surface area contributed by atoms with Crippen molar-refractivity contribution in [2.24, 2.45) is 5.92 Å². The minimum atomic E-state index is 0.315. The van der Waals surface area contributed by atoms with Crippen molar-refractivity contribution >= 4 is 0 Å². The Hall–Kier alpha value is -0.860. The molecule has 0 heterocycles. The molecule has 0 spiro atoms. The number of benzene rings is 1. The Morgan fingerprint density at radius 3 is 2.41 bits per heavy atom. The first-order valence-corrected chi connectivity index (χ1v) is 6.60. The zero-order chi connectivity index (χ0) is 12.5. The highest BCUT2D eigenvalue weighted by Crippen LogP contribution is 2.13. The van der Waals surface area contributed by atoms with E-state index in [1.807, 2.05) is 0 Å². The van der Waals surface area contributed by atoms with Crippen LogP contribution in [-0.4, -0.2) is 19.8 Å². The molecule has 0 aliphatic rings. The van der Waals surface area contributed by atoms with E-state index in [0.717, 1.165) is 26.2 Å². The van der Waals surface area contributed by atoms with E-state index in [4.69, 9.17) is 4.74 Å². The summed E-state index contributed by atoms with van der Waals surface area (Å²) in [5, 5.41) is 3.53. The van der Waals surface area contributed by atoms with E-state index in [1.54, 1.807) is 0 Å². The van der Waals surface area contributed by atoms with Gasteiger partial charge in [0.2, 0.25) is 0 Å². The number of hydrogen-bond donors (Lipinski definition) is 1. The normalized spacial score (nSPS) is 12.9. The van der Waals surface area contributed by atoms with Gasteiger partial charge in [0.1, 0.15) is 0 Å². The lowest BCUT2D eigenvalue weighted by molar-refractivity contribution is 0.0901. The van der Waals surface area contributed by atoms with Crippen molar-refractivity contribution < 1.29 is 4.74 Å². The average molecular weight is 235 g/mol. The summed E-state index contributed by atoms with van der Waals surface area (Å²) in [6.07, 6.45) is 1.15. The van der Waals surface area contributed by atoms with Crippen LogP contribution in [0.4, 0.5) is 0 Å². The van der Waals surface area contributed by atoms with Crippen LogP contribution in [0.25, 0.3) is 0 Å². The minimum Gasteiger partial charge on any atom is -0.379 e. The lowest BCUT2D eigenvalue weighted by Gasteiger charge is -2.19. The van der Waals surface area contributed by atoms with Crippen LogP contribution in [-0.2, 0) is 4.74 Å². The molecule has 0 saturated carbocycles. The highest BCUT2D eigenvalue weighted by atomic mass is 16.5. The fourth-order valence-corrected chi connectivity index (χ4v) is 1.70. The number of hydrogen-bond acceptors (Lipinski definition) is 2. The molecule has 17 heavy (non-hydrogen) atoms. The summed E-state index contributed by atoms with van der Waals surface area (Å²) in [5.74, 6) is 0.595. The maximum atomic E-state index is 5.75. The molecule has 1 unspecified atom stereocenters. The summed E-state index contributed by atoms with van der Waals surface area (Å²) >= 11 is 0. The molecule has 0 fully saturated rings. The Balaban J connectivity index is 2.48. The number of ether oxygens (including phenoxy) is 1. The van der Waals surface area contributed by atoms with E-state index in [0.29, 0.717) is 12.0 Å². The lowest BCUT2D eigenvalue weighted by Crippen LogP contribution is -2.26. The van der Waals surface area contributed by atoms with Gasteiger partial charge in [0, 0.05) is 6.61 Å². The summed E-state index contributed by atoms with van der Waals surface area (Å²) in [6, 6.07) is 10.8. The van der Waals surface area contributed by atoms with Crippen LogP contribution in [0.2, 0.25) is 0 Å². The Bertz CT molecular complexity index is 284. The number of rotatable bonds is 8. The van der Waals surface area contributed by atoms with Crippen molar-refractivity contribution in [1.29, 1.82) is 0 Å². The monoisotopic (exact) mass is 235 g/mol. The Morgan fingerprint density at radius 1 is 1.12 bits per heavy atom. The van der Waals surface area contributed by atoms with Crippen molar-refractivity contribution in [2.75, 3.05) is 19.8 Å². The van der Waals surface area contributed by atoms with Gasteiger partial charge < -0.3 is 10.1 Å². The molecule has 1 aromatic carbocycles. The second-order valence-corrected chi connectivity index (χ2v) is 4.85. The fourth-order valence-electron chi connectivity index (χ4n) is 1.70. The molecule has 1 atom stereocenters. The van der Waals surface area contributed by atoms with E-state index in [2.05, 4.69) is 56.4 Å². The molecule has 96 valence electrons. The van der Waals surface area contributed by atoms with Gasteiger partial charge in [-0.15, -0.1) is 0 Å². The first-order chi connectivity index (χ1) is 8.24. The van der Waals surface area contributed by atoms with Crippen molar-refractivity contribution in [3.05, 3.63) is 35.9 Å². The predicted octanol–water partition coefficient (Wildman–Crippen LogP) is 3.40. The zero-order valence-electron chi connectivity index (χ0n) is 11.3. The molecule has 0 saturated heterocycles. The third-order valence-corrected chi connectivity index (χ3v) is 2.58. The fraction of sp³-hybridized carbons (Fsp3) is 0.600. The summed E-state index contributed by atoms with van der Waals surface area (Å²) in [4.78, 5) is 0. The van der Waals surface area contributed by atoms with Gasteiger partial charge in [-0.3, -0.25) is 0 Å². The van der Waals surface area contributed by atoms with Crippen LogP contribution in [0.1, 0.15) is 38.8 Å². The van der Waals surface area contributed by atoms with Gasteiger partial charge >= 0.3 is 0 Å². The molecule has 2 nitrogen and oxygen atoms in total. The van der Waals surface area contributed by atoms with Crippen LogP contribution >= 0.6 is 0 Å². The van der Waals surface area contributed by atoms with Crippen molar-refractivity contribution in [1.82, 2.24) is 5.32 Å². The van der Waals surface area contributed by atoms with E-state index in [9.17, 15) is 0 Å². The molecule has 0 bridgehead atoms. The second kappa shape index (κ2) is 8.26. The van der Waals surface area contributed by atoms with E-state index in [1.165, 1.54) is 5.56 Å². The van der Waals surface area contributed by atoms with Gasteiger partial charge in [0.05, 0.1) is 12.6 Å². The van der Waals surface area contributed by atoms with Gasteiger partial charge in [0.15, 0.2) is 0 Å². The molecule has 1 aromatic rings. The smallest absolute Gasteiger partial charge is 0.0661 e. The molecule has 0 aliphatic carbocycles. The molecular weight excluding hydrogens is 210 g/mol. The maximum absolute atomic E-state index is 5.75. The second-order valence-electron chi connectivity index (χ2n) is 4.85. The van der Waals surface area contributed by atoms with Crippen molar-refractivity contribution in [3.63, 3.8) is 0 Å². The average Bonchev–Trinajstić information content (AvgIpc) is 2.34. The Morgan fingerprint density at radius 2 is 1.82 bits per heavy atom. The zero-order valence-corrected chi connectivity index (χ0v) is 11.3. The third-order valence-electron chi connectivity index (χ3n) is 2.58. The van der Waals surface area contributed by atoms with Crippen molar-refractivity contribution in [3.8, 4) is 0 Å². The Kier molecular flexibility index (Phi) is 6.90. The summed E-state index contributed by atoms with van der Waals surface area (Å²) < 4.78 is 5.75. The molecular formula is C15H25NO. The van der Waals surface area contributed by atoms with Crippen LogP contribution in [0.3, 0.4) is 0 Å². The molecule has 0 amide bonds. The van der Waals surface area contributed by atoms with Crippen LogP contribution in [0.5, 0.6) is 0 Å². The summed E-state index contributed by atoms with van der Waals surface area (Å²) in [6.45, 7) is 9.15. The number of nitrogens with one attached hydrogen (secondary N) is 1. The summed E-state index contributed by atoms with van der Waals surface area (Å²) in [7, 11) is 0. The van der Waals surface area contributed by atoms with E-state index in [-0.39, 0.29) is 0 Å².